The van der Waals surface area contributed by atoms with E-state index in [1.165, 1.54) is 35.5 Å². The molecule has 0 spiro atoms. The maximum Gasteiger partial charge on any atom is 0.253 e. The summed E-state index contributed by atoms with van der Waals surface area (Å²) in [4.78, 5) is 1.08. The molecule has 4 nitrogen and oxygen atoms in total. The van der Waals surface area contributed by atoms with Crippen LogP contribution < -0.4 is 5.32 Å². The van der Waals surface area contributed by atoms with E-state index in [0.717, 1.165) is 17.8 Å². The van der Waals surface area contributed by atoms with Gasteiger partial charge in [-0.2, -0.15) is 4.31 Å². The molecule has 0 aromatic carbocycles. The molecule has 0 atom stereocenters. The maximum atomic E-state index is 12.2. The second-order valence-electron chi connectivity index (χ2n) is 4.66. The molecule has 0 unspecified atom stereocenters. The number of nitrogens with one attached hydrogen (secondary N) is 1. The van der Waals surface area contributed by atoms with Crippen molar-refractivity contribution in [2.75, 3.05) is 20.1 Å². The summed E-state index contributed by atoms with van der Waals surface area (Å²) in [6, 6.07) is 4.24. The fourth-order valence-corrected chi connectivity index (χ4v) is 4.34. The van der Waals surface area contributed by atoms with E-state index in [1.807, 2.05) is 6.07 Å². The third-order valence-electron chi connectivity index (χ3n) is 3.00. The van der Waals surface area contributed by atoms with Crippen LogP contribution in [0.5, 0.6) is 0 Å². The lowest BCUT2D eigenvalue weighted by atomic mass is 10.3. The van der Waals surface area contributed by atoms with Crippen LogP contribution in [0.15, 0.2) is 16.3 Å². The molecule has 1 aromatic rings. The molecule has 0 amide bonds. The highest BCUT2D eigenvalue weighted by Crippen LogP contribution is 2.25. The van der Waals surface area contributed by atoms with Crippen molar-refractivity contribution in [3.63, 3.8) is 0 Å². The van der Waals surface area contributed by atoms with Crippen LogP contribution in [0.2, 0.25) is 0 Å². The number of hydrogen-bond acceptors (Lipinski definition) is 4. The molecule has 0 saturated heterocycles. The minimum absolute atomic E-state index is 0.0960. The van der Waals surface area contributed by atoms with E-state index >= 15 is 0 Å². The van der Waals surface area contributed by atoms with Gasteiger partial charge in [-0.3, -0.25) is 0 Å². The van der Waals surface area contributed by atoms with Crippen LogP contribution in [-0.4, -0.2) is 38.9 Å². The average Bonchev–Trinajstić information content (AvgIpc) is 3.05. The van der Waals surface area contributed by atoms with Crippen molar-refractivity contribution in [3.8, 4) is 12.3 Å². The van der Waals surface area contributed by atoms with Crippen molar-refractivity contribution in [2.45, 2.75) is 29.5 Å². The zero-order valence-electron chi connectivity index (χ0n) is 10.9. The van der Waals surface area contributed by atoms with Crippen molar-refractivity contribution in [3.05, 3.63) is 17.0 Å². The van der Waals surface area contributed by atoms with E-state index in [-0.39, 0.29) is 6.54 Å². The highest BCUT2D eigenvalue weighted by Gasteiger charge is 2.22. The van der Waals surface area contributed by atoms with E-state index in [0.29, 0.717) is 10.3 Å². The summed E-state index contributed by atoms with van der Waals surface area (Å²) < 4.78 is 25.9. The number of terminal acetylenes is 1. The maximum absolute atomic E-state index is 12.2. The van der Waals surface area contributed by atoms with Crippen LogP contribution in [-0.2, 0) is 16.4 Å². The Labute approximate surface area is 118 Å². The van der Waals surface area contributed by atoms with E-state index in [2.05, 4.69) is 11.2 Å². The monoisotopic (exact) mass is 298 g/mol. The summed E-state index contributed by atoms with van der Waals surface area (Å²) in [6.45, 7) is 1.00. The quantitative estimate of drug-likeness (QED) is 0.772. The molecule has 1 aliphatic carbocycles. The van der Waals surface area contributed by atoms with Gasteiger partial charge in [-0.05, 0) is 31.4 Å². The first-order chi connectivity index (χ1) is 9.04. The lowest BCUT2D eigenvalue weighted by Gasteiger charge is -2.12. The molecule has 6 heteroatoms. The smallest absolute Gasteiger partial charge is 0.253 e. The van der Waals surface area contributed by atoms with Crippen LogP contribution >= 0.6 is 11.3 Å². The van der Waals surface area contributed by atoms with Crippen LogP contribution in [0.3, 0.4) is 0 Å². The van der Waals surface area contributed by atoms with Gasteiger partial charge >= 0.3 is 0 Å². The van der Waals surface area contributed by atoms with Crippen molar-refractivity contribution in [1.82, 2.24) is 9.62 Å². The Morgan fingerprint density at radius 2 is 2.26 bits per heavy atom. The minimum Gasteiger partial charge on any atom is -0.314 e. The average molecular weight is 298 g/mol. The Hall–Kier alpha value is -0.870. The number of nitrogens with zero attached hydrogens (tertiary/aromatic N) is 1. The third kappa shape index (κ3) is 3.80. The predicted octanol–water partition coefficient (Wildman–Crippen LogP) is 1.30. The van der Waals surface area contributed by atoms with E-state index in [4.69, 9.17) is 6.42 Å². The standard InChI is InChI=1S/C13H18N2O2S2/c1-3-10-15(2)19(16,17)13-7-6-12(18-13)8-9-14-11-4-5-11/h1,6-7,11,14H,4-5,8-10H2,2H3. The third-order valence-corrected chi connectivity index (χ3v) is 6.41. The first-order valence-electron chi connectivity index (χ1n) is 6.26. The molecule has 1 fully saturated rings. The van der Waals surface area contributed by atoms with Gasteiger partial charge in [0.25, 0.3) is 10.0 Å². The summed E-state index contributed by atoms with van der Waals surface area (Å²) in [7, 11) is -1.92. The fraction of sp³-hybridized carbons (Fsp3) is 0.538. The molecule has 0 bridgehead atoms. The first kappa shape index (κ1) is 14.5. The van der Waals surface area contributed by atoms with Gasteiger partial charge in [0.15, 0.2) is 0 Å². The van der Waals surface area contributed by atoms with Crippen molar-refractivity contribution < 1.29 is 8.42 Å². The Morgan fingerprint density at radius 1 is 1.53 bits per heavy atom. The van der Waals surface area contributed by atoms with Crippen molar-refractivity contribution >= 4 is 21.4 Å². The summed E-state index contributed by atoms with van der Waals surface area (Å²) in [5.41, 5.74) is 0. The van der Waals surface area contributed by atoms with Crippen LogP contribution in [0.4, 0.5) is 0 Å². The van der Waals surface area contributed by atoms with Gasteiger partial charge in [0.1, 0.15) is 4.21 Å². The van der Waals surface area contributed by atoms with Gasteiger partial charge in [-0.15, -0.1) is 17.8 Å². The molecular formula is C13H18N2O2S2. The normalized spacial score (nSPS) is 15.6. The van der Waals surface area contributed by atoms with E-state index in [9.17, 15) is 8.42 Å². The largest absolute Gasteiger partial charge is 0.314 e. The second-order valence-corrected chi connectivity index (χ2v) is 8.10. The van der Waals surface area contributed by atoms with Crippen LogP contribution in [0, 0.1) is 12.3 Å². The Bertz CT molecular complexity index is 568. The van der Waals surface area contributed by atoms with Gasteiger partial charge in [-0.25, -0.2) is 8.42 Å². The van der Waals surface area contributed by atoms with Crippen molar-refractivity contribution in [1.29, 1.82) is 0 Å². The summed E-state index contributed by atoms with van der Waals surface area (Å²) in [5.74, 6) is 2.35. The molecular weight excluding hydrogens is 280 g/mol. The number of thiophene rings is 1. The zero-order chi connectivity index (χ0) is 13.9. The lowest BCUT2D eigenvalue weighted by Crippen LogP contribution is -2.26. The van der Waals surface area contributed by atoms with Gasteiger partial charge in [0, 0.05) is 24.5 Å². The van der Waals surface area contributed by atoms with Gasteiger partial charge in [0.05, 0.1) is 6.54 Å². The van der Waals surface area contributed by atoms with E-state index < -0.39 is 10.0 Å². The highest BCUT2D eigenvalue weighted by molar-refractivity contribution is 7.91. The highest BCUT2D eigenvalue weighted by atomic mass is 32.2. The van der Waals surface area contributed by atoms with Crippen LogP contribution in [0.1, 0.15) is 17.7 Å². The lowest BCUT2D eigenvalue weighted by molar-refractivity contribution is 0.505. The molecule has 1 aliphatic rings. The SMILES string of the molecule is C#CCN(C)S(=O)(=O)c1ccc(CCNC2CC2)s1. The Morgan fingerprint density at radius 3 is 2.89 bits per heavy atom. The number of rotatable bonds is 7. The van der Waals surface area contributed by atoms with Gasteiger partial charge < -0.3 is 5.32 Å². The molecule has 1 aromatic heterocycles. The van der Waals surface area contributed by atoms with Gasteiger partial charge in [-0.1, -0.05) is 5.92 Å². The van der Waals surface area contributed by atoms with Gasteiger partial charge in [0.2, 0.25) is 0 Å². The molecule has 1 heterocycles. The first-order valence-corrected chi connectivity index (χ1v) is 8.51. The summed E-state index contributed by atoms with van der Waals surface area (Å²) >= 11 is 1.33. The van der Waals surface area contributed by atoms with Crippen molar-refractivity contribution in [2.24, 2.45) is 0 Å². The molecule has 19 heavy (non-hydrogen) atoms. The minimum atomic E-state index is -3.42. The molecule has 0 radical (unpaired) electrons. The Balaban J connectivity index is 1.96. The topological polar surface area (TPSA) is 49.4 Å². The summed E-state index contributed by atoms with van der Waals surface area (Å²) in [5, 5.41) is 3.42. The molecule has 104 valence electrons. The zero-order valence-corrected chi connectivity index (χ0v) is 12.6. The molecule has 1 saturated carbocycles. The Kier molecular flexibility index (Phi) is 4.63. The molecule has 2 rings (SSSR count). The molecule has 1 N–H and O–H groups in total. The fourth-order valence-electron chi connectivity index (χ4n) is 1.69. The number of hydrogen-bond donors (Lipinski definition) is 1. The van der Waals surface area contributed by atoms with Crippen LogP contribution in [0.25, 0.3) is 0 Å². The number of sulfonamides is 1. The second kappa shape index (κ2) is 6.06. The van der Waals surface area contributed by atoms with E-state index in [1.54, 1.807) is 6.07 Å². The summed E-state index contributed by atoms with van der Waals surface area (Å²) in [6.07, 6.45) is 8.55. The molecule has 0 aliphatic heterocycles. The predicted molar refractivity (Wildman–Crippen MR) is 77.7 cm³/mol.